The molecule has 13 heteroatoms. The zero-order chi connectivity index (χ0) is 20.8. The molecule has 1 aromatic carbocycles. The second-order valence-corrected chi connectivity index (χ2v) is 8.13. The Kier molecular flexibility index (Phi) is 4.49. The van der Waals surface area contributed by atoms with Gasteiger partial charge in [-0.15, -0.1) is 33.6 Å². The van der Waals surface area contributed by atoms with Gasteiger partial charge in [-0.3, -0.25) is 0 Å². The maximum absolute atomic E-state index is 12.7. The Morgan fingerprint density at radius 3 is 2.70 bits per heavy atom. The number of hydrogen-bond donors (Lipinski definition) is 1. The molecule has 0 unspecified atom stereocenters. The van der Waals surface area contributed by atoms with Crippen molar-refractivity contribution in [2.75, 3.05) is 18.0 Å². The lowest BCUT2D eigenvalue weighted by Gasteiger charge is -2.44. The van der Waals surface area contributed by atoms with Crippen molar-refractivity contribution in [3.63, 3.8) is 0 Å². The fourth-order valence-corrected chi connectivity index (χ4v) is 4.71. The first-order chi connectivity index (χ1) is 14.4. The average Bonchev–Trinajstić information content (AvgIpc) is 3.39. The molecule has 2 aromatic heterocycles. The van der Waals surface area contributed by atoms with E-state index in [9.17, 15) is 13.2 Å². The third-order valence-corrected chi connectivity index (χ3v) is 6.35. The monoisotopic (exact) mass is 439 g/mol. The molecule has 30 heavy (non-hydrogen) atoms. The normalized spacial score (nSPS) is 18.2. The number of piperidine rings is 1. The van der Waals surface area contributed by atoms with Crippen LogP contribution in [0.4, 0.5) is 18.3 Å². The van der Waals surface area contributed by atoms with E-state index in [-0.39, 0.29) is 5.75 Å². The molecule has 1 N–H and O–H groups in total. The molecule has 4 heterocycles. The summed E-state index contributed by atoms with van der Waals surface area (Å²) in [5.41, 5.74) is 0.0680. The Balaban J connectivity index is 1.28. The van der Waals surface area contributed by atoms with Gasteiger partial charge in [-0.25, -0.2) is 0 Å². The number of halogens is 3. The number of alkyl halides is 3. The Bertz CT molecular complexity index is 1030. The zero-order valence-corrected chi connectivity index (χ0v) is 16.3. The number of tetrazole rings is 1. The minimum Gasteiger partial charge on any atom is -0.487 e. The maximum Gasteiger partial charge on any atom is 0.573 e. The lowest BCUT2D eigenvalue weighted by molar-refractivity contribution is -0.275. The Morgan fingerprint density at radius 2 is 1.97 bits per heavy atom. The Morgan fingerprint density at radius 1 is 1.13 bits per heavy atom. The predicted octanol–water partition coefficient (Wildman–Crippen LogP) is 2.98. The summed E-state index contributed by atoms with van der Waals surface area (Å²) in [4.78, 5) is 2.12. The van der Waals surface area contributed by atoms with Gasteiger partial charge in [-0.2, -0.15) is 5.21 Å². The SMILES string of the molecule is FC(F)(F)Oc1cccc2c1CCC1(CCN(c3nnc(-c4nn[nH]n4)s3)CC1)O2. The van der Waals surface area contributed by atoms with E-state index in [1.54, 1.807) is 6.07 Å². The molecule has 1 fully saturated rings. The fourth-order valence-electron chi connectivity index (χ4n) is 3.89. The number of anilines is 1. The van der Waals surface area contributed by atoms with Crippen molar-refractivity contribution in [1.29, 1.82) is 0 Å². The minimum atomic E-state index is -4.72. The van der Waals surface area contributed by atoms with E-state index in [0.29, 0.717) is 48.1 Å². The van der Waals surface area contributed by atoms with Crippen molar-refractivity contribution in [3.05, 3.63) is 23.8 Å². The van der Waals surface area contributed by atoms with Gasteiger partial charge in [0.2, 0.25) is 11.0 Å². The molecule has 0 amide bonds. The largest absolute Gasteiger partial charge is 0.573 e. The molecule has 0 aliphatic carbocycles. The van der Waals surface area contributed by atoms with Crippen LogP contribution in [-0.2, 0) is 6.42 Å². The van der Waals surface area contributed by atoms with Crippen LogP contribution in [0.5, 0.6) is 11.5 Å². The number of aromatic nitrogens is 6. The molecule has 1 saturated heterocycles. The minimum absolute atomic E-state index is 0.185. The fraction of sp³-hybridized carbons (Fsp3) is 0.471. The van der Waals surface area contributed by atoms with Crippen molar-refractivity contribution >= 4 is 16.5 Å². The van der Waals surface area contributed by atoms with Gasteiger partial charge in [0.25, 0.3) is 0 Å². The summed E-state index contributed by atoms with van der Waals surface area (Å²) in [6.07, 6.45) is -2.15. The smallest absolute Gasteiger partial charge is 0.487 e. The predicted molar refractivity (Wildman–Crippen MR) is 99.3 cm³/mol. The lowest BCUT2D eigenvalue weighted by atomic mass is 9.83. The van der Waals surface area contributed by atoms with Crippen LogP contribution in [0.2, 0.25) is 0 Å². The molecule has 3 aromatic rings. The van der Waals surface area contributed by atoms with E-state index < -0.39 is 12.0 Å². The lowest BCUT2D eigenvalue weighted by Crippen LogP contribution is -2.49. The van der Waals surface area contributed by atoms with E-state index >= 15 is 0 Å². The van der Waals surface area contributed by atoms with Crippen LogP contribution in [0.3, 0.4) is 0 Å². The number of hydrogen-bond acceptors (Lipinski definition) is 9. The van der Waals surface area contributed by atoms with Crippen LogP contribution < -0.4 is 14.4 Å². The molecule has 5 rings (SSSR count). The first-order valence-electron chi connectivity index (χ1n) is 9.30. The molecule has 0 radical (unpaired) electrons. The number of aromatic amines is 1. The molecule has 2 aliphatic rings. The van der Waals surface area contributed by atoms with Gasteiger partial charge in [0.1, 0.15) is 17.1 Å². The number of benzene rings is 1. The summed E-state index contributed by atoms with van der Waals surface area (Å²) in [5, 5.41) is 23.4. The summed E-state index contributed by atoms with van der Waals surface area (Å²) >= 11 is 1.38. The van der Waals surface area contributed by atoms with Gasteiger partial charge in [-0.1, -0.05) is 17.4 Å². The highest BCUT2D eigenvalue weighted by atomic mass is 32.1. The molecule has 0 saturated carbocycles. The molecule has 0 atom stereocenters. The van der Waals surface area contributed by atoms with Gasteiger partial charge in [-0.05, 0) is 30.2 Å². The topological polar surface area (TPSA) is 102 Å². The van der Waals surface area contributed by atoms with Crippen LogP contribution in [0.1, 0.15) is 24.8 Å². The van der Waals surface area contributed by atoms with E-state index in [0.717, 1.165) is 18.0 Å². The summed E-state index contributed by atoms with van der Waals surface area (Å²) in [6.45, 7) is 1.41. The molecule has 1 spiro atoms. The van der Waals surface area contributed by atoms with Gasteiger partial charge in [0.05, 0.1) is 0 Å². The quantitative estimate of drug-likeness (QED) is 0.665. The second-order valence-electron chi connectivity index (χ2n) is 7.18. The van der Waals surface area contributed by atoms with E-state index in [1.807, 2.05) is 0 Å². The summed E-state index contributed by atoms with van der Waals surface area (Å²) in [5.74, 6) is 0.679. The number of ether oxygens (including phenoxy) is 2. The third kappa shape index (κ3) is 3.64. The first kappa shape index (κ1) is 19.0. The third-order valence-electron chi connectivity index (χ3n) is 5.37. The molecule has 9 nitrogen and oxygen atoms in total. The van der Waals surface area contributed by atoms with E-state index in [2.05, 4.69) is 40.5 Å². The maximum atomic E-state index is 12.7. The number of nitrogens with zero attached hydrogens (tertiary/aromatic N) is 6. The van der Waals surface area contributed by atoms with E-state index in [1.165, 1.54) is 23.5 Å². The number of fused-ring (bicyclic) bond motifs is 1. The Labute approximate surface area is 172 Å². The first-order valence-corrected chi connectivity index (χ1v) is 10.1. The average molecular weight is 439 g/mol. The molecule has 2 aliphatic heterocycles. The van der Waals surface area contributed by atoms with Crippen molar-refractivity contribution in [1.82, 2.24) is 30.8 Å². The van der Waals surface area contributed by atoms with Crippen molar-refractivity contribution < 1.29 is 22.6 Å². The highest BCUT2D eigenvalue weighted by Crippen LogP contribution is 2.44. The molecule has 158 valence electrons. The standard InChI is InChI=1S/C17H16F3N7O2S/c18-17(19,20)29-12-3-1-2-11-10(12)4-5-16(28-11)6-8-27(9-7-16)15-24-23-14(30-15)13-21-25-26-22-13/h1-3H,4-9H2,(H,21,22,25,26). The van der Waals surface area contributed by atoms with Gasteiger partial charge >= 0.3 is 6.36 Å². The van der Waals surface area contributed by atoms with Crippen molar-refractivity contribution in [2.24, 2.45) is 0 Å². The molecular formula is C17H16F3N7O2S. The number of H-pyrrole nitrogens is 1. The van der Waals surface area contributed by atoms with Crippen LogP contribution in [0.25, 0.3) is 10.8 Å². The van der Waals surface area contributed by atoms with Crippen molar-refractivity contribution in [3.8, 4) is 22.3 Å². The van der Waals surface area contributed by atoms with Gasteiger partial charge in [0, 0.05) is 31.5 Å². The van der Waals surface area contributed by atoms with Gasteiger partial charge < -0.3 is 14.4 Å². The highest BCUT2D eigenvalue weighted by molar-refractivity contribution is 7.18. The Hall–Kier alpha value is -2.96. The number of rotatable bonds is 3. The van der Waals surface area contributed by atoms with E-state index in [4.69, 9.17) is 4.74 Å². The summed E-state index contributed by atoms with van der Waals surface area (Å²) < 4.78 is 48.4. The van der Waals surface area contributed by atoms with Crippen LogP contribution >= 0.6 is 11.3 Å². The summed E-state index contributed by atoms with van der Waals surface area (Å²) in [7, 11) is 0. The summed E-state index contributed by atoms with van der Waals surface area (Å²) in [6, 6.07) is 4.55. The van der Waals surface area contributed by atoms with Crippen molar-refractivity contribution in [2.45, 2.75) is 37.6 Å². The van der Waals surface area contributed by atoms with Crippen LogP contribution in [0.15, 0.2) is 18.2 Å². The van der Waals surface area contributed by atoms with Gasteiger partial charge in [0.15, 0.2) is 5.01 Å². The zero-order valence-electron chi connectivity index (χ0n) is 15.5. The molecule has 0 bridgehead atoms. The second kappa shape index (κ2) is 7.07. The number of nitrogens with one attached hydrogen (secondary N) is 1. The highest BCUT2D eigenvalue weighted by Gasteiger charge is 2.42. The van der Waals surface area contributed by atoms with Crippen LogP contribution in [-0.4, -0.2) is 55.9 Å². The van der Waals surface area contributed by atoms with Crippen LogP contribution in [0, 0.1) is 0 Å². The molecular weight excluding hydrogens is 423 g/mol.